The van der Waals surface area contributed by atoms with Gasteiger partial charge in [0.1, 0.15) is 0 Å². The van der Waals surface area contributed by atoms with Gasteiger partial charge >= 0.3 is 0 Å². The molecule has 0 radical (unpaired) electrons. The van der Waals surface area contributed by atoms with Crippen LogP contribution in [0.5, 0.6) is 0 Å². The number of hydrogen-bond donors (Lipinski definition) is 1. The first-order valence-electron chi connectivity index (χ1n) is 1.86. The Hall–Kier alpha value is 0.180. The van der Waals surface area contributed by atoms with Gasteiger partial charge in [0.25, 0.3) is 0 Å². The third-order valence-corrected chi connectivity index (χ3v) is 0.754. The van der Waals surface area contributed by atoms with Crippen LogP contribution in [0.3, 0.4) is 0 Å². The molecule has 0 aliphatic rings. The van der Waals surface area contributed by atoms with E-state index in [1.165, 1.54) is 0 Å². The van der Waals surface area contributed by atoms with Crippen LogP contribution < -0.4 is 4.34 Å². The molecule has 0 saturated carbocycles. The second-order valence-corrected chi connectivity index (χ2v) is 1.47. The molecule has 0 bridgehead atoms. The molecule has 0 aromatic heterocycles. The zero-order valence-electron chi connectivity index (χ0n) is 3.74. The SMILES string of the molecule is CC=CCNBr. The van der Waals surface area contributed by atoms with Crippen molar-refractivity contribution in [3.63, 3.8) is 0 Å². The van der Waals surface area contributed by atoms with Gasteiger partial charge < -0.3 is 0 Å². The highest BCUT2D eigenvalue weighted by atomic mass is 79.9. The molecule has 0 heterocycles. The Kier molecular flexibility index (Phi) is 5.34. The van der Waals surface area contributed by atoms with Gasteiger partial charge in [0, 0.05) is 22.7 Å². The van der Waals surface area contributed by atoms with Gasteiger partial charge in [-0.2, -0.15) is 0 Å². The maximum absolute atomic E-state index is 3.05. The summed E-state index contributed by atoms with van der Waals surface area (Å²) in [7, 11) is 0. The molecule has 0 unspecified atom stereocenters. The molecule has 0 aliphatic heterocycles. The van der Waals surface area contributed by atoms with Crippen LogP contribution in [0, 0.1) is 0 Å². The zero-order valence-corrected chi connectivity index (χ0v) is 5.33. The summed E-state index contributed by atoms with van der Waals surface area (Å²) in [5, 5.41) is 0. The number of rotatable bonds is 2. The fourth-order valence-corrected chi connectivity index (χ4v) is 0.349. The molecule has 0 aromatic carbocycles. The summed E-state index contributed by atoms with van der Waals surface area (Å²) in [5.41, 5.74) is 0. The molecule has 0 aromatic rings. The van der Waals surface area contributed by atoms with Crippen LogP contribution in [0.4, 0.5) is 0 Å². The molecule has 0 fully saturated rings. The number of halogens is 1. The minimum atomic E-state index is 0.899. The largest absolute Gasteiger partial charge is 0.252 e. The maximum Gasteiger partial charge on any atom is 0.0242 e. The molecule has 2 heteroatoms. The fraction of sp³-hybridized carbons (Fsp3) is 0.500. The van der Waals surface area contributed by atoms with Crippen molar-refractivity contribution in [2.75, 3.05) is 6.54 Å². The summed E-state index contributed by atoms with van der Waals surface area (Å²) >= 11 is 3.05. The van der Waals surface area contributed by atoms with Crippen LogP contribution in [0.15, 0.2) is 12.2 Å². The minimum absolute atomic E-state index is 0.899. The third-order valence-electron chi connectivity index (χ3n) is 0.431. The zero-order chi connectivity index (χ0) is 4.83. The molecule has 0 spiro atoms. The Morgan fingerprint density at radius 1 is 1.83 bits per heavy atom. The summed E-state index contributed by atoms with van der Waals surface area (Å²) in [6.07, 6.45) is 4.02. The second-order valence-electron chi connectivity index (χ2n) is 0.907. The lowest BCUT2D eigenvalue weighted by molar-refractivity contribution is 1.15. The first kappa shape index (κ1) is 6.18. The number of nitrogens with one attached hydrogen (secondary N) is 1. The van der Waals surface area contributed by atoms with Gasteiger partial charge in [0.15, 0.2) is 0 Å². The Morgan fingerprint density at radius 2 is 2.50 bits per heavy atom. The standard InChI is InChI=1S/C4H8BrN/c1-2-3-4-6-5/h2-3,6H,4H2,1H3. The van der Waals surface area contributed by atoms with E-state index >= 15 is 0 Å². The third kappa shape index (κ3) is 4.18. The second kappa shape index (κ2) is 5.18. The van der Waals surface area contributed by atoms with E-state index in [2.05, 4.69) is 20.5 Å². The van der Waals surface area contributed by atoms with Gasteiger partial charge in [0.05, 0.1) is 0 Å². The van der Waals surface area contributed by atoms with Gasteiger partial charge in [-0.25, -0.2) is 0 Å². The van der Waals surface area contributed by atoms with E-state index in [4.69, 9.17) is 0 Å². The molecule has 6 heavy (non-hydrogen) atoms. The van der Waals surface area contributed by atoms with E-state index in [0.29, 0.717) is 0 Å². The van der Waals surface area contributed by atoms with E-state index in [1.54, 1.807) is 0 Å². The highest BCUT2D eigenvalue weighted by molar-refractivity contribution is 9.08. The van der Waals surface area contributed by atoms with E-state index in [9.17, 15) is 0 Å². The predicted molar refractivity (Wildman–Crippen MR) is 31.7 cm³/mol. The first-order valence-corrected chi connectivity index (χ1v) is 2.65. The van der Waals surface area contributed by atoms with E-state index in [-0.39, 0.29) is 0 Å². The smallest absolute Gasteiger partial charge is 0.0242 e. The lowest BCUT2D eigenvalue weighted by Gasteiger charge is -1.79. The van der Waals surface area contributed by atoms with E-state index < -0.39 is 0 Å². The van der Waals surface area contributed by atoms with Crippen molar-refractivity contribution in [1.82, 2.24) is 4.34 Å². The Balaban J connectivity index is 2.66. The number of hydrogen-bond acceptors (Lipinski definition) is 1. The predicted octanol–water partition coefficient (Wildman–Crippen LogP) is 1.46. The summed E-state index contributed by atoms with van der Waals surface area (Å²) in [6, 6.07) is 0. The lowest BCUT2D eigenvalue weighted by Crippen LogP contribution is -1.93. The normalized spacial score (nSPS) is 10.3. The molecule has 36 valence electrons. The summed E-state index contributed by atoms with van der Waals surface area (Å²) in [4.78, 5) is 0. The first-order chi connectivity index (χ1) is 2.91. The van der Waals surface area contributed by atoms with Crippen LogP contribution >= 0.6 is 16.1 Å². The van der Waals surface area contributed by atoms with Crippen molar-refractivity contribution < 1.29 is 0 Å². The fourth-order valence-electron chi connectivity index (χ4n) is 0.162. The van der Waals surface area contributed by atoms with Gasteiger partial charge in [-0.15, -0.1) is 0 Å². The van der Waals surface area contributed by atoms with Crippen molar-refractivity contribution in [3.05, 3.63) is 12.2 Å². The molecule has 1 nitrogen and oxygen atoms in total. The summed E-state index contributed by atoms with van der Waals surface area (Å²) < 4.78 is 2.79. The Labute approximate surface area is 46.8 Å². The molecule has 0 aliphatic carbocycles. The topological polar surface area (TPSA) is 12.0 Å². The maximum atomic E-state index is 3.05. The van der Waals surface area contributed by atoms with E-state index in [1.807, 2.05) is 19.1 Å². The van der Waals surface area contributed by atoms with Crippen LogP contribution in [-0.2, 0) is 0 Å². The summed E-state index contributed by atoms with van der Waals surface area (Å²) in [5.74, 6) is 0. The Bertz CT molecular complexity index is 42.8. The van der Waals surface area contributed by atoms with Crippen LogP contribution in [-0.4, -0.2) is 6.54 Å². The van der Waals surface area contributed by atoms with E-state index in [0.717, 1.165) is 6.54 Å². The molecule has 0 saturated heterocycles. The Morgan fingerprint density at radius 3 is 2.67 bits per heavy atom. The molecule has 1 N–H and O–H groups in total. The highest BCUT2D eigenvalue weighted by Gasteiger charge is 1.63. The molecule has 0 amide bonds. The monoisotopic (exact) mass is 149 g/mol. The quantitative estimate of drug-likeness (QED) is 0.464. The van der Waals surface area contributed by atoms with Gasteiger partial charge in [-0.3, -0.25) is 4.34 Å². The van der Waals surface area contributed by atoms with Crippen LogP contribution in [0.25, 0.3) is 0 Å². The van der Waals surface area contributed by atoms with Crippen LogP contribution in [0.1, 0.15) is 6.92 Å². The van der Waals surface area contributed by atoms with Crippen molar-refractivity contribution in [2.24, 2.45) is 0 Å². The molecule has 0 atom stereocenters. The minimum Gasteiger partial charge on any atom is -0.252 e. The lowest BCUT2D eigenvalue weighted by atomic mass is 10.5. The van der Waals surface area contributed by atoms with Crippen molar-refractivity contribution in [3.8, 4) is 0 Å². The van der Waals surface area contributed by atoms with Crippen LogP contribution in [0.2, 0.25) is 0 Å². The van der Waals surface area contributed by atoms with Gasteiger partial charge in [-0.1, -0.05) is 12.2 Å². The average molecular weight is 150 g/mol. The molecular formula is C4H8BrN. The summed E-state index contributed by atoms with van der Waals surface area (Å²) in [6.45, 7) is 2.89. The average Bonchev–Trinajstić information content (AvgIpc) is 1.61. The van der Waals surface area contributed by atoms with Crippen molar-refractivity contribution in [2.45, 2.75) is 6.92 Å². The van der Waals surface area contributed by atoms with Crippen molar-refractivity contribution in [1.29, 1.82) is 0 Å². The molecule has 0 rings (SSSR count). The number of allylic oxidation sites excluding steroid dienone is 1. The molecular weight excluding hydrogens is 142 g/mol. The van der Waals surface area contributed by atoms with Gasteiger partial charge in [0.2, 0.25) is 0 Å². The highest BCUT2D eigenvalue weighted by Crippen LogP contribution is 1.68. The van der Waals surface area contributed by atoms with Gasteiger partial charge in [-0.05, 0) is 6.92 Å². The van der Waals surface area contributed by atoms with Crippen molar-refractivity contribution >= 4 is 16.1 Å².